The fraction of sp³-hybridized carbons (Fsp3) is 0.438. The van der Waals surface area contributed by atoms with Gasteiger partial charge in [-0.1, -0.05) is 34.7 Å². The highest BCUT2D eigenvalue weighted by Crippen LogP contribution is 2.23. The number of carbonyl (C=O) groups excluding carboxylic acids is 1. The molecule has 0 aliphatic carbocycles. The molecule has 0 amide bonds. The van der Waals surface area contributed by atoms with Crippen molar-refractivity contribution in [2.24, 2.45) is 0 Å². The van der Waals surface area contributed by atoms with Crippen LogP contribution in [-0.2, 0) is 11.2 Å². The van der Waals surface area contributed by atoms with E-state index < -0.39 is 5.60 Å². The molecule has 0 saturated carbocycles. The van der Waals surface area contributed by atoms with E-state index in [4.69, 9.17) is 4.74 Å². The van der Waals surface area contributed by atoms with Gasteiger partial charge in [-0.2, -0.15) is 0 Å². The molecule has 0 saturated heterocycles. The summed E-state index contributed by atoms with van der Waals surface area (Å²) >= 11 is 2.39. The van der Waals surface area contributed by atoms with Gasteiger partial charge in [0.15, 0.2) is 0 Å². The van der Waals surface area contributed by atoms with Crippen LogP contribution in [0.15, 0.2) is 30.5 Å². The molecule has 3 nitrogen and oxygen atoms in total. The molecule has 108 valence electrons. The topological polar surface area (TPSA) is 31.2 Å². The summed E-state index contributed by atoms with van der Waals surface area (Å²) < 4.78 is 8.17. The molecule has 0 spiro atoms. The normalized spacial score (nSPS) is 11.8. The summed E-state index contributed by atoms with van der Waals surface area (Å²) in [5.41, 5.74) is 1.73. The molecule has 1 heterocycles. The lowest BCUT2D eigenvalue weighted by Crippen LogP contribution is -2.26. The molecule has 20 heavy (non-hydrogen) atoms. The molecule has 1 aromatic carbocycles. The highest BCUT2D eigenvalue weighted by molar-refractivity contribution is 14.1. The summed E-state index contributed by atoms with van der Waals surface area (Å²) in [6.45, 7) is 5.63. The largest absolute Gasteiger partial charge is 0.443 e. The molecule has 2 aromatic rings. The van der Waals surface area contributed by atoms with Crippen molar-refractivity contribution in [1.29, 1.82) is 0 Å². The van der Waals surface area contributed by atoms with Crippen LogP contribution in [0.5, 0.6) is 0 Å². The fourth-order valence-corrected chi connectivity index (χ4v) is 2.56. The van der Waals surface area contributed by atoms with Gasteiger partial charge in [0.05, 0.1) is 5.52 Å². The summed E-state index contributed by atoms with van der Waals surface area (Å²) in [6, 6.07) is 8.11. The van der Waals surface area contributed by atoms with Crippen LogP contribution in [0.2, 0.25) is 0 Å². The van der Waals surface area contributed by atoms with E-state index in [2.05, 4.69) is 28.7 Å². The first-order chi connectivity index (χ1) is 9.42. The van der Waals surface area contributed by atoms with Crippen LogP contribution in [0.1, 0.15) is 32.8 Å². The van der Waals surface area contributed by atoms with Gasteiger partial charge >= 0.3 is 6.09 Å². The number of carbonyl (C=O) groups is 1. The van der Waals surface area contributed by atoms with E-state index >= 15 is 0 Å². The zero-order valence-electron chi connectivity index (χ0n) is 12.1. The van der Waals surface area contributed by atoms with Gasteiger partial charge in [0.2, 0.25) is 0 Å². The number of aromatic nitrogens is 1. The minimum atomic E-state index is -0.480. The summed E-state index contributed by atoms with van der Waals surface area (Å²) in [6.07, 6.45) is 3.67. The van der Waals surface area contributed by atoms with Gasteiger partial charge in [0.1, 0.15) is 5.60 Å². The molecule has 4 heteroatoms. The van der Waals surface area contributed by atoms with Crippen molar-refractivity contribution in [1.82, 2.24) is 4.57 Å². The molecule has 0 aliphatic heterocycles. The molecule has 0 fully saturated rings. The van der Waals surface area contributed by atoms with Gasteiger partial charge in [-0.15, -0.1) is 0 Å². The van der Waals surface area contributed by atoms with Crippen molar-refractivity contribution in [3.8, 4) is 0 Å². The molecule has 0 atom stereocenters. The van der Waals surface area contributed by atoms with Crippen LogP contribution >= 0.6 is 22.6 Å². The predicted octanol–water partition coefficient (Wildman–Crippen LogP) is 4.79. The number of halogens is 1. The van der Waals surface area contributed by atoms with Crippen molar-refractivity contribution in [2.75, 3.05) is 4.43 Å². The molecular formula is C16H20INO2. The maximum Gasteiger partial charge on any atom is 0.418 e. The van der Waals surface area contributed by atoms with Gasteiger partial charge in [-0.05, 0) is 55.7 Å². The van der Waals surface area contributed by atoms with Gasteiger partial charge in [0.25, 0.3) is 0 Å². The van der Waals surface area contributed by atoms with Crippen molar-refractivity contribution in [3.05, 3.63) is 36.0 Å². The van der Waals surface area contributed by atoms with E-state index in [1.807, 2.05) is 39.0 Å². The third kappa shape index (κ3) is 3.53. The lowest BCUT2D eigenvalue weighted by atomic mass is 10.1. The smallest absolute Gasteiger partial charge is 0.418 e. The number of benzene rings is 1. The SMILES string of the molecule is CC(C)(C)OC(=O)n1ccc2c(CCCI)cccc21. The van der Waals surface area contributed by atoms with E-state index in [-0.39, 0.29) is 6.09 Å². The Labute approximate surface area is 133 Å². The number of ether oxygens (including phenoxy) is 1. The summed E-state index contributed by atoms with van der Waals surface area (Å²) in [4.78, 5) is 12.2. The van der Waals surface area contributed by atoms with Gasteiger partial charge in [-0.25, -0.2) is 4.79 Å². The molecule has 0 radical (unpaired) electrons. The molecular weight excluding hydrogens is 365 g/mol. The zero-order chi connectivity index (χ0) is 14.8. The number of rotatable bonds is 3. The van der Waals surface area contributed by atoms with Gasteiger partial charge in [-0.3, -0.25) is 4.57 Å². The maximum atomic E-state index is 12.2. The zero-order valence-corrected chi connectivity index (χ0v) is 14.3. The molecule has 2 rings (SSSR count). The monoisotopic (exact) mass is 385 g/mol. The van der Waals surface area contributed by atoms with Crippen molar-refractivity contribution >= 4 is 39.6 Å². The van der Waals surface area contributed by atoms with Crippen LogP contribution in [0.25, 0.3) is 10.9 Å². The fourth-order valence-electron chi connectivity index (χ4n) is 2.18. The standard InChI is InChI=1S/C16H20INO2/c1-16(2,3)20-15(19)18-11-9-13-12(7-5-10-17)6-4-8-14(13)18/h4,6,8-9,11H,5,7,10H2,1-3H3. The quantitative estimate of drug-likeness (QED) is 0.562. The second kappa shape index (κ2) is 6.16. The van der Waals surface area contributed by atoms with Crippen LogP contribution in [0.3, 0.4) is 0 Å². The Morgan fingerprint density at radius 3 is 2.70 bits per heavy atom. The lowest BCUT2D eigenvalue weighted by molar-refractivity contribution is 0.0544. The van der Waals surface area contributed by atoms with Crippen molar-refractivity contribution in [3.63, 3.8) is 0 Å². The number of fused-ring (bicyclic) bond motifs is 1. The third-order valence-electron chi connectivity index (χ3n) is 2.99. The number of nitrogens with zero attached hydrogens (tertiary/aromatic N) is 1. The Kier molecular flexibility index (Phi) is 4.73. The number of hydrogen-bond acceptors (Lipinski definition) is 2. The molecule has 0 aliphatic rings. The highest BCUT2D eigenvalue weighted by atomic mass is 127. The predicted molar refractivity (Wildman–Crippen MR) is 90.8 cm³/mol. The molecule has 0 bridgehead atoms. The summed E-state index contributed by atoms with van der Waals surface area (Å²) in [7, 11) is 0. The van der Waals surface area contributed by atoms with Crippen LogP contribution < -0.4 is 0 Å². The average Bonchev–Trinajstić information content (AvgIpc) is 2.78. The van der Waals surface area contributed by atoms with Gasteiger partial charge < -0.3 is 4.74 Å². The Hall–Kier alpha value is -1.04. The van der Waals surface area contributed by atoms with E-state index in [0.29, 0.717) is 0 Å². The average molecular weight is 385 g/mol. The first kappa shape index (κ1) is 15.4. The summed E-state index contributed by atoms with van der Waals surface area (Å²) in [5, 5.41) is 1.14. The van der Waals surface area contributed by atoms with Gasteiger partial charge in [0, 0.05) is 11.6 Å². The van der Waals surface area contributed by atoms with Crippen molar-refractivity contribution in [2.45, 2.75) is 39.2 Å². The molecule has 1 aromatic heterocycles. The second-order valence-corrected chi connectivity index (χ2v) is 6.89. The maximum absolute atomic E-state index is 12.2. The Balaban J connectivity index is 2.35. The van der Waals surface area contributed by atoms with Crippen molar-refractivity contribution < 1.29 is 9.53 Å². The second-order valence-electron chi connectivity index (χ2n) is 5.81. The van der Waals surface area contributed by atoms with E-state index in [9.17, 15) is 4.79 Å². The Morgan fingerprint density at radius 1 is 1.30 bits per heavy atom. The van der Waals surface area contributed by atoms with E-state index in [1.165, 1.54) is 5.56 Å². The first-order valence-corrected chi connectivity index (χ1v) is 8.33. The highest BCUT2D eigenvalue weighted by Gasteiger charge is 2.19. The van der Waals surface area contributed by atoms with Crippen LogP contribution in [0, 0.1) is 0 Å². The number of hydrogen-bond donors (Lipinski definition) is 0. The van der Waals surface area contributed by atoms with E-state index in [0.717, 1.165) is 28.2 Å². The minimum absolute atomic E-state index is 0.321. The number of aryl methyl sites for hydroxylation is 1. The van der Waals surface area contributed by atoms with E-state index in [1.54, 1.807) is 10.8 Å². The molecule has 0 N–H and O–H groups in total. The molecule has 0 unspecified atom stereocenters. The Morgan fingerprint density at radius 2 is 2.05 bits per heavy atom. The summed E-state index contributed by atoms with van der Waals surface area (Å²) in [5.74, 6) is 0. The number of alkyl halides is 1. The third-order valence-corrected chi connectivity index (χ3v) is 3.76. The Bertz CT molecular complexity index is 610. The lowest BCUT2D eigenvalue weighted by Gasteiger charge is -2.19. The van der Waals surface area contributed by atoms with Crippen LogP contribution in [0.4, 0.5) is 4.79 Å². The minimum Gasteiger partial charge on any atom is -0.443 e. The first-order valence-electron chi connectivity index (χ1n) is 6.80. The van der Waals surface area contributed by atoms with Crippen LogP contribution in [-0.4, -0.2) is 20.7 Å².